The van der Waals surface area contributed by atoms with Crippen LogP contribution >= 0.6 is 11.6 Å². The lowest BCUT2D eigenvalue weighted by molar-refractivity contribution is 0.763. The molecule has 1 heterocycles. The summed E-state index contributed by atoms with van der Waals surface area (Å²) in [5, 5.41) is 4.11. The average Bonchev–Trinajstić information content (AvgIpc) is 2.34. The summed E-state index contributed by atoms with van der Waals surface area (Å²) in [6.07, 6.45) is 1.87. The fourth-order valence-electron chi connectivity index (χ4n) is 0.672. The van der Waals surface area contributed by atoms with Gasteiger partial charge in [-0.2, -0.15) is 5.10 Å². The topological polar surface area (TPSA) is 17.8 Å². The van der Waals surface area contributed by atoms with Crippen molar-refractivity contribution in [3.05, 3.63) is 24.5 Å². The lowest BCUT2D eigenvalue weighted by atomic mass is 10.2. The molecule has 0 spiro atoms. The van der Waals surface area contributed by atoms with Crippen LogP contribution in [-0.4, -0.2) is 15.7 Å². The summed E-state index contributed by atoms with van der Waals surface area (Å²) in [5.41, 5.74) is 1.74. The molecule has 1 rings (SSSR count). The molecule has 1 aromatic heterocycles. The highest BCUT2D eigenvalue weighted by molar-refractivity contribution is 6.22. The Morgan fingerprint density at radius 3 is 3.00 bits per heavy atom. The van der Waals surface area contributed by atoms with E-state index in [1.165, 1.54) is 0 Å². The number of aryl methyl sites for hydroxylation is 1. The van der Waals surface area contributed by atoms with Crippen molar-refractivity contribution in [3.8, 4) is 0 Å². The van der Waals surface area contributed by atoms with Gasteiger partial charge in [0, 0.05) is 19.1 Å². The first-order valence-corrected chi connectivity index (χ1v) is 3.51. The maximum atomic E-state index is 5.55. The molecule has 0 saturated carbocycles. The molecule has 0 amide bonds. The molecule has 0 atom stereocenters. The summed E-state index contributed by atoms with van der Waals surface area (Å²) in [5.74, 6) is 0.441. The van der Waals surface area contributed by atoms with E-state index in [-0.39, 0.29) is 0 Å². The molecule has 0 unspecified atom stereocenters. The number of rotatable bonds is 2. The zero-order chi connectivity index (χ0) is 7.56. The number of halogens is 1. The third-order valence-corrected chi connectivity index (χ3v) is 1.56. The zero-order valence-corrected chi connectivity index (χ0v) is 6.60. The number of nitrogens with zero attached hydrogens (tertiary/aromatic N) is 2. The summed E-state index contributed by atoms with van der Waals surface area (Å²) < 4.78 is 1.73. The van der Waals surface area contributed by atoms with Crippen LogP contribution in [0.3, 0.4) is 0 Å². The van der Waals surface area contributed by atoms with Crippen LogP contribution in [0, 0.1) is 0 Å². The van der Waals surface area contributed by atoms with Gasteiger partial charge in [0.25, 0.3) is 0 Å². The Bertz CT molecular complexity index is 240. The summed E-state index contributed by atoms with van der Waals surface area (Å²) in [4.78, 5) is 0. The van der Waals surface area contributed by atoms with Crippen molar-refractivity contribution in [1.29, 1.82) is 0 Å². The number of hydrogen-bond donors (Lipinski definition) is 0. The van der Waals surface area contributed by atoms with Gasteiger partial charge in [-0.15, -0.1) is 11.6 Å². The van der Waals surface area contributed by atoms with Gasteiger partial charge >= 0.3 is 0 Å². The van der Waals surface area contributed by atoms with Gasteiger partial charge in [-0.25, -0.2) is 0 Å². The quantitative estimate of drug-likeness (QED) is 0.596. The first kappa shape index (κ1) is 7.35. The Labute approximate surface area is 65.1 Å². The monoisotopic (exact) mass is 156 g/mol. The van der Waals surface area contributed by atoms with E-state index in [1.807, 2.05) is 19.3 Å². The van der Waals surface area contributed by atoms with Crippen LogP contribution in [0.4, 0.5) is 0 Å². The van der Waals surface area contributed by atoms with Crippen LogP contribution < -0.4 is 0 Å². The second kappa shape index (κ2) is 2.88. The van der Waals surface area contributed by atoms with E-state index < -0.39 is 0 Å². The normalized spacial score (nSPS) is 9.80. The van der Waals surface area contributed by atoms with E-state index >= 15 is 0 Å². The minimum absolute atomic E-state index is 0.441. The molecule has 0 radical (unpaired) electrons. The smallest absolute Gasteiger partial charge is 0.0888 e. The summed E-state index contributed by atoms with van der Waals surface area (Å²) in [6.45, 7) is 3.75. The Balaban J connectivity index is 2.85. The van der Waals surface area contributed by atoms with E-state index in [4.69, 9.17) is 11.6 Å². The molecule has 2 nitrogen and oxygen atoms in total. The molecule has 54 valence electrons. The number of alkyl halides is 1. The fourth-order valence-corrected chi connectivity index (χ4v) is 0.809. The molecule has 0 aromatic carbocycles. The predicted molar refractivity (Wildman–Crippen MR) is 43.0 cm³/mol. The molecule has 3 heteroatoms. The molecule has 10 heavy (non-hydrogen) atoms. The lowest BCUT2D eigenvalue weighted by Crippen LogP contribution is -1.90. The molecular formula is C7H9ClN2. The van der Waals surface area contributed by atoms with Gasteiger partial charge in [0.15, 0.2) is 0 Å². The largest absolute Gasteiger partial charge is 0.275 e. The minimum atomic E-state index is 0.441. The average molecular weight is 157 g/mol. The summed E-state index contributed by atoms with van der Waals surface area (Å²) in [6, 6.07) is 1.89. The number of allylic oxidation sites excluding steroid dienone is 1. The first-order chi connectivity index (χ1) is 4.74. The van der Waals surface area contributed by atoms with Gasteiger partial charge < -0.3 is 0 Å². The second-order valence-corrected chi connectivity index (χ2v) is 2.38. The Kier molecular flexibility index (Phi) is 2.12. The van der Waals surface area contributed by atoms with Crippen molar-refractivity contribution in [2.45, 2.75) is 0 Å². The van der Waals surface area contributed by atoms with Crippen LogP contribution in [0.25, 0.3) is 5.57 Å². The van der Waals surface area contributed by atoms with Crippen LogP contribution in [0.1, 0.15) is 5.69 Å². The molecule has 0 aliphatic carbocycles. The highest BCUT2D eigenvalue weighted by atomic mass is 35.5. The van der Waals surface area contributed by atoms with Crippen LogP contribution in [-0.2, 0) is 7.05 Å². The summed E-state index contributed by atoms with van der Waals surface area (Å²) >= 11 is 5.55. The number of aromatic nitrogens is 2. The zero-order valence-electron chi connectivity index (χ0n) is 5.84. The third kappa shape index (κ3) is 1.39. The SMILES string of the molecule is C=C(CCl)c1ccn(C)n1. The van der Waals surface area contributed by atoms with Gasteiger partial charge in [0.05, 0.1) is 5.69 Å². The van der Waals surface area contributed by atoms with Crippen LogP contribution in [0.2, 0.25) is 0 Å². The van der Waals surface area contributed by atoms with Crippen molar-refractivity contribution < 1.29 is 0 Å². The molecule has 0 bridgehead atoms. The van der Waals surface area contributed by atoms with Gasteiger partial charge in [-0.1, -0.05) is 6.58 Å². The van der Waals surface area contributed by atoms with Crippen molar-refractivity contribution in [2.75, 3.05) is 5.88 Å². The third-order valence-electron chi connectivity index (χ3n) is 1.24. The predicted octanol–water partition coefficient (Wildman–Crippen LogP) is 1.67. The minimum Gasteiger partial charge on any atom is -0.275 e. The van der Waals surface area contributed by atoms with Gasteiger partial charge in [-0.3, -0.25) is 4.68 Å². The highest BCUT2D eigenvalue weighted by Gasteiger charge is 1.98. The Morgan fingerprint density at radius 2 is 2.60 bits per heavy atom. The van der Waals surface area contributed by atoms with Crippen molar-refractivity contribution in [3.63, 3.8) is 0 Å². The van der Waals surface area contributed by atoms with Crippen LogP contribution in [0.5, 0.6) is 0 Å². The highest BCUT2D eigenvalue weighted by Crippen LogP contribution is 2.09. The molecule has 0 aliphatic heterocycles. The van der Waals surface area contributed by atoms with Gasteiger partial charge in [0.1, 0.15) is 0 Å². The molecule has 0 N–H and O–H groups in total. The standard InChI is InChI=1S/C7H9ClN2/c1-6(5-8)7-3-4-10(2)9-7/h3-4H,1,5H2,2H3. The molecule has 0 fully saturated rings. The first-order valence-electron chi connectivity index (χ1n) is 2.98. The number of hydrogen-bond acceptors (Lipinski definition) is 1. The Hall–Kier alpha value is -0.760. The molecule has 1 aromatic rings. The molecular weight excluding hydrogens is 148 g/mol. The fraction of sp³-hybridized carbons (Fsp3) is 0.286. The van der Waals surface area contributed by atoms with E-state index in [0.29, 0.717) is 5.88 Å². The van der Waals surface area contributed by atoms with Crippen LogP contribution in [0.15, 0.2) is 18.8 Å². The summed E-state index contributed by atoms with van der Waals surface area (Å²) in [7, 11) is 1.87. The molecule has 0 aliphatic rings. The Morgan fingerprint density at radius 1 is 1.90 bits per heavy atom. The van der Waals surface area contributed by atoms with Gasteiger partial charge in [0.2, 0.25) is 0 Å². The maximum Gasteiger partial charge on any atom is 0.0888 e. The van der Waals surface area contributed by atoms with Crippen molar-refractivity contribution >= 4 is 17.2 Å². The van der Waals surface area contributed by atoms with E-state index in [2.05, 4.69) is 11.7 Å². The maximum absolute atomic E-state index is 5.55. The van der Waals surface area contributed by atoms with Crippen molar-refractivity contribution in [2.24, 2.45) is 7.05 Å². The van der Waals surface area contributed by atoms with Crippen molar-refractivity contribution in [1.82, 2.24) is 9.78 Å². The van der Waals surface area contributed by atoms with Gasteiger partial charge in [-0.05, 0) is 11.6 Å². The molecule has 0 saturated heterocycles. The second-order valence-electron chi connectivity index (χ2n) is 2.11. The van der Waals surface area contributed by atoms with E-state index in [1.54, 1.807) is 4.68 Å². The van der Waals surface area contributed by atoms with E-state index in [9.17, 15) is 0 Å². The van der Waals surface area contributed by atoms with E-state index in [0.717, 1.165) is 11.3 Å². The lowest BCUT2D eigenvalue weighted by Gasteiger charge is -1.92.